The van der Waals surface area contributed by atoms with E-state index in [-0.39, 0.29) is 5.91 Å². The molecule has 1 aliphatic carbocycles. The van der Waals surface area contributed by atoms with Gasteiger partial charge < -0.3 is 5.32 Å². The zero-order valence-electron chi connectivity index (χ0n) is 20.2. The van der Waals surface area contributed by atoms with Crippen molar-refractivity contribution in [2.75, 3.05) is 18.4 Å². The van der Waals surface area contributed by atoms with Gasteiger partial charge in [0.25, 0.3) is 0 Å². The molecule has 3 aromatic carbocycles. The molecule has 2 fully saturated rings. The Balaban J connectivity index is 1.10. The van der Waals surface area contributed by atoms with E-state index in [0.29, 0.717) is 5.41 Å². The summed E-state index contributed by atoms with van der Waals surface area (Å²) in [4.78, 5) is 15.0. The molecule has 1 saturated heterocycles. The van der Waals surface area contributed by atoms with Gasteiger partial charge in [-0.15, -0.1) is 0 Å². The van der Waals surface area contributed by atoms with E-state index in [1.165, 1.54) is 57.2 Å². The van der Waals surface area contributed by atoms with Gasteiger partial charge in [0.2, 0.25) is 5.91 Å². The van der Waals surface area contributed by atoms with Crippen molar-refractivity contribution in [2.45, 2.75) is 45.1 Å². The molecule has 1 heterocycles. The smallest absolute Gasteiger partial charge is 0.248 e. The second-order valence-electron chi connectivity index (χ2n) is 10.1. The van der Waals surface area contributed by atoms with Crippen LogP contribution in [0.15, 0.2) is 78.9 Å². The van der Waals surface area contributed by atoms with Crippen molar-refractivity contribution in [1.29, 1.82) is 0 Å². The van der Waals surface area contributed by atoms with E-state index in [2.05, 4.69) is 34.5 Å². The Hall–Kier alpha value is -2.88. The van der Waals surface area contributed by atoms with Crippen LogP contribution in [0.4, 0.5) is 5.69 Å². The summed E-state index contributed by atoms with van der Waals surface area (Å²) in [7, 11) is 0. The van der Waals surface area contributed by atoms with Crippen LogP contribution in [0.25, 0.3) is 17.2 Å². The first kappa shape index (κ1) is 23.8. The molecule has 4 heteroatoms. The van der Waals surface area contributed by atoms with Crippen molar-refractivity contribution in [3.05, 3.63) is 95.0 Å². The Labute approximate surface area is 213 Å². The lowest BCUT2D eigenvalue weighted by molar-refractivity contribution is -0.111. The normalized spacial score (nSPS) is 17.7. The van der Waals surface area contributed by atoms with E-state index in [0.717, 1.165) is 33.9 Å². The SMILES string of the molecule is O=C(C=Cc1ccc(CN2CCC3(CCCC3)CC2)cc1)Nc1ccc(-c2ccc(Cl)cc2)cc1. The highest BCUT2D eigenvalue weighted by molar-refractivity contribution is 6.30. The first-order chi connectivity index (χ1) is 17.1. The van der Waals surface area contributed by atoms with Crippen molar-refractivity contribution in [1.82, 2.24) is 4.90 Å². The molecule has 0 atom stereocenters. The fourth-order valence-electron chi connectivity index (χ4n) is 5.55. The number of carbonyl (C=O) groups is 1. The third-order valence-electron chi connectivity index (χ3n) is 7.72. The van der Waals surface area contributed by atoms with Crippen LogP contribution in [0.2, 0.25) is 5.02 Å². The lowest BCUT2D eigenvalue weighted by atomic mass is 9.77. The summed E-state index contributed by atoms with van der Waals surface area (Å²) in [6.45, 7) is 3.47. The first-order valence-electron chi connectivity index (χ1n) is 12.7. The summed E-state index contributed by atoms with van der Waals surface area (Å²) in [5.41, 5.74) is 5.99. The van der Waals surface area contributed by atoms with Gasteiger partial charge in [0.1, 0.15) is 0 Å². The first-order valence-corrected chi connectivity index (χ1v) is 13.1. The molecule has 3 nitrogen and oxygen atoms in total. The molecule has 1 N–H and O–H groups in total. The molecule has 1 amide bonds. The highest BCUT2D eigenvalue weighted by Gasteiger charge is 2.36. The fraction of sp³-hybridized carbons (Fsp3) is 0.323. The average molecular weight is 485 g/mol. The van der Waals surface area contributed by atoms with Crippen LogP contribution in [0.3, 0.4) is 0 Å². The fourth-order valence-corrected chi connectivity index (χ4v) is 5.67. The molecule has 0 aromatic heterocycles. The maximum atomic E-state index is 12.4. The predicted molar refractivity (Wildman–Crippen MR) is 146 cm³/mol. The third-order valence-corrected chi connectivity index (χ3v) is 7.98. The van der Waals surface area contributed by atoms with Gasteiger partial charge in [0, 0.05) is 23.3 Å². The van der Waals surface area contributed by atoms with Gasteiger partial charge in [-0.05, 0) is 96.8 Å². The molecule has 0 bridgehead atoms. The number of carbonyl (C=O) groups excluding carboxylic acids is 1. The average Bonchev–Trinajstić information content (AvgIpc) is 3.34. The minimum atomic E-state index is -0.137. The molecule has 180 valence electrons. The van der Waals surface area contributed by atoms with Gasteiger partial charge in [-0.3, -0.25) is 9.69 Å². The lowest BCUT2D eigenvalue weighted by Gasteiger charge is -2.39. The van der Waals surface area contributed by atoms with Crippen molar-refractivity contribution in [3.63, 3.8) is 0 Å². The van der Waals surface area contributed by atoms with Crippen LogP contribution < -0.4 is 5.32 Å². The van der Waals surface area contributed by atoms with Crippen molar-refractivity contribution in [3.8, 4) is 11.1 Å². The van der Waals surface area contributed by atoms with Gasteiger partial charge in [0.15, 0.2) is 0 Å². The standard InChI is InChI=1S/C31H33ClN2O/c32-28-12-8-26(9-13-28)27-10-14-29(15-11-27)33-30(35)16-7-24-3-5-25(6-4-24)23-34-21-19-31(20-22-34)17-1-2-18-31/h3-16H,1-2,17-23H2,(H,33,35). The summed E-state index contributed by atoms with van der Waals surface area (Å²) in [5.74, 6) is -0.137. The molecule has 1 aliphatic heterocycles. The van der Waals surface area contributed by atoms with E-state index in [1.54, 1.807) is 6.08 Å². The van der Waals surface area contributed by atoms with Crippen LogP contribution in [0.1, 0.15) is 49.7 Å². The summed E-state index contributed by atoms with van der Waals surface area (Å²) in [5, 5.41) is 3.65. The van der Waals surface area contributed by atoms with Gasteiger partial charge in [-0.1, -0.05) is 73.0 Å². The Morgan fingerprint density at radius 2 is 1.43 bits per heavy atom. The van der Waals surface area contributed by atoms with E-state index >= 15 is 0 Å². The Morgan fingerprint density at radius 1 is 0.829 bits per heavy atom. The third kappa shape index (κ3) is 6.22. The minimum absolute atomic E-state index is 0.137. The number of nitrogens with one attached hydrogen (secondary N) is 1. The highest BCUT2D eigenvalue weighted by Crippen LogP contribution is 2.46. The highest BCUT2D eigenvalue weighted by atomic mass is 35.5. The zero-order valence-corrected chi connectivity index (χ0v) is 20.9. The van der Waals surface area contributed by atoms with E-state index < -0.39 is 0 Å². The van der Waals surface area contributed by atoms with Gasteiger partial charge >= 0.3 is 0 Å². The molecule has 1 saturated carbocycles. The number of piperidine rings is 1. The molecule has 5 rings (SSSR count). The molecular weight excluding hydrogens is 452 g/mol. The van der Waals surface area contributed by atoms with Crippen LogP contribution in [0.5, 0.6) is 0 Å². The molecular formula is C31H33ClN2O. The molecule has 2 aliphatic rings. The summed E-state index contributed by atoms with van der Waals surface area (Å²) in [6, 6.07) is 24.1. The number of amides is 1. The topological polar surface area (TPSA) is 32.3 Å². The van der Waals surface area contributed by atoms with Gasteiger partial charge in [0.05, 0.1) is 0 Å². The van der Waals surface area contributed by atoms with Gasteiger partial charge in [-0.25, -0.2) is 0 Å². The van der Waals surface area contributed by atoms with Crippen LogP contribution in [-0.2, 0) is 11.3 Å². The lowest BCUT2D eigenvalue weighted by Crippen LogP contribution is -2.38. The second kappa shape index (κ2) is 10.8. The number of halogens is 1. The largest absolute Gasteiger partial charge is 0.323 e. The monoisotopic (exact) mass is 484 g/mol. The quantitative estimate of drug-likeness (QED) is 0.362. The Bertz CT molecular complexity index is 1150. The van der Waals surface area contributed by atoms with Crippen LogP contribution >= 0.6 is 11.6 Å². The molecule has 0 radical (unpaired) electrons. The molecule has 1 spiro atoms. The summed E-state index contributed by atoms with van der Waals surface area (Å²) in [6.07, 6.45) is 12.0. The number of likely N-dealkylation sites (tertiary alicyclic amines) is 1. The van der Waals surface area contributed by atoms with Crippen molar-refractivity contribution < 1.29 is 4.79 Å². The summed E-state index contributed by atoms with van der Waals surface area (Å²) >= 11 is 5.97. The molecule has 0 unspecified atom stereocenters. The maximum Gasteiger partial charge on any atom is 0.248 e. The van der Waals surface area contributed by atoms with Crippen LogP contribution in [-0.4, -0.2) is 23.9 Å². The minimum Gasteiger partial charge on any atom is -0.323 e. The maximum absolute atomic E-state index is 12.4. The number of nitrogens with zero attached hydrogens (tertiary/aromatic N) is 1. The second-order valence-corrected chi connectivity index (χ2v) is 10.6. The predicted octanol–water partition coefficient (Wildman–Crippen LogP) is 7.82. The van der Waals surface area contributed by atoms with E-state index in [4.69, 9.17) is 11.6 Å². The number of hydrogen-bond acceptors (Lipinski definition) is 2. The van der Waals surface area contributed by atoms with Gasteiger partial charge in [-0.2, -0.15) is 0 Å². The van der Waals surface area contributed by atoms with Crippen molar-refractivity contribution in [2.24, 2.45) is 5.41 Å². The summed E-state index contributed by atoms with van der Waals surface area (Å²) < 4.78 is 0. The number of benzene rings is 3. The van der Waals surface area contributed by atoms with Crippen molar-refractivity contribution >= 4 is 29.3 Å². The zero-order chi connectivity index (χ0) is 24.1. The Morgan fingerprint density at radius 3 is 2.06 bits per heavy atom. The van der Waals surface area contributed by atoms with E-state index in [1.807, 2.05) is 54.6 Å². The Kier molecular flexibility index (Phi) is 7.36. The molecule has 35 heavy (non-hydrogen) atoms. The van der Waals surface area contributed by atoms with Crippen LogP contribution in [0, 0.1) is 5.41 Å². The van der Waals surface area contributed by atoms with E-state index in [9.17, 15) is 4.79 Å². The molecule has 3 aromatic rings. The number of hydrogen-bond donors (Lipinski definition) is 1. The number of anilines is 1. The number of rotatable bonds is 6.